The molecule has 0 N–H and O–H groups in total. The van der Waals surface area contributed by atoms with E-state index in [0.29, 0.717) is 26.1 Å². The summed E-state index contributed by atoms with van der Waals surface area (Å²) in [5.41, 5.74) is 0.136. The first-order valence-electron chi connectivity index (χ1n) is 10.8. The summed E-state index contributed by atoms with van der Waals surface area (Å²) in [5, 5.41) is 0. The Hall–Kier alpha value is -1.98. The van der Waals surface area contributed by atoms with Crippen LogP contribution in [0.2, 0.25) is 0 Å². The Balaban J connectivity index is 1.61. The lowest BCUT2D eigenvalue weighted by Gasteiger charge is -2.29. The standard InChI is InChI=1S/C21H30N2O7S2/c1-16(2)13-23(18-9-12-31(26,27)15-18)20(24)14-30-21(25)17-5-7-19(8-6-17)32(28,29)22-10-3-4-11-22/h5-8,16,18H,3-4,9-15H2,1-2H3. The Bertz CT molecular complexity index is 1040. The number of nitrogens with zero attached hydrogens (tertiary/aromatic N) is 2. The molecule has 0 saturated carbocycles. The van der Waals surface area contributed by atoms with E-state index in [1.807, 2.05) is 13.8 Å². The molecule has 2 saturated heterocycles. The van der Waals surface area contributed by atoms with E-state index in [1.165, 1.54) is 33.5 Å². The topological polar surface area (TPSA) is 118 Å². The lowest BCUT2D eigenvalue weighted by atomic mass is 10.1. The maximum Gasteiger partial charge on any atom is 0.338 e. The van der Waals surface area contributed by atoms with Crippen LogP contribution in [-0.2, 0) is 29.4 Å². The monoisotopic (exact) mass is 486 g/mol. The van der Waals surface area contributed by atoms with Crippen LogP contribution in [0, 0.1) is 5.92 Å². The maximum atomic E-state index is 12.7. The van der Waals surface area contributed by atoms with Crippen LogP contribution in [-0.4, -0.2) is 81.7 Å². The zero-order valence-electron chi connectivity index (χ0n) is 18.4. The first kappa shape index (κ1) is 24.7. The Morgan fingerprint density at radius 3 is 2.31 bits per heavy atom. The number of rotatable bonds is 8. The lowest BCUT2D eigenvalue weighted by Crippen LogP contribution is -2.45. The van der Waals surface area contributed by atoms with Crippen molar-refractivity contribution in [1.82, 2.24) is 9.21 Å². The van der Waals surface area contributed by atoms with Gasteiger partial charge in [-0.1, -0.05) is 13.8 Å². The molecule has 2 fully saturated rings. The first-order chi connectivity index (χ1) is 15.0. The predicted octanol–water partition coefficient (Wildman–Crippen LogP) is 1.30. The molecule has 0 bridgehead atoms. The van der Waals surface area contributed by atoms with E-state index in [1.54, 1.807) is 0 Å². The average molecular weight is 487 g/mol. The van der Waals surface area contributed by atoms with Crippen molar-refractivity contribution < 1.29 is 31.2 Å². The van der Waals surface area contributed by atoms with Crippen LogP contribution in [0.4, 0.5) is 0 Å². The van der Waals surface area contributed by atoms with Crippen molar-refractivity contribution in [3.8, 4) is 0 Å². The Labute approximate surface area is 189 Å². The molecule has 1 unspecified atom stereocenters. The molecule has 1 aromatic carbocycles. The fourth-order valence-electron chi connectivity index (χ4n) is 4.00. The van der Waals surface area contributed by atoms with E-state index >= 15 is 0 Å². The van der Waals surface area contributed by atoms with Crippen LogP contribution in [0.1, 0.15) is 43.5 Å². The van der Waals surface area contributed by atoms with Crippen molar-refractivity contribution in [3.05, 3.63) is 29.8 Å². The van der Waals surface area contributed by atoms with E-state index in [0.717, 1.165) is 12.8 Å². The van der Waals surface area contributed by atoms with Gasteiger partial charge in [0.25, 0.3) is 5.91 Å². The molecule has 178 valence electrons. The fraction of sp³-hybridized carbons (Fsp3) is 0.619. The van der Waals surface area contributed by atoms with Crippen molar-refractivity contribution in [2.75, 3.05) is 37.7 Å². The van der Waals surface area contributed by atoms with Gasteiger partial charge in [0.1, 0.15) is 0 Å². The highest BCUT2D eigenvalue weighted by Gasteiger charge is 2.35. The molecule has 9 nitrogen and oxygen atoms in total. The molecular formula is C21H30N2O7S2. The van der Waals surface area contributed by atoms with Gasteiger partial charge < -0.3 is 9.64 Å². The van der Waals surface area contributed by atoms with Crippen LogP contribution < -0.4 is 0 Å². The van der Waals surface area contributed by atoms with Gasteiger partial charge in [0.2, 0.25) is 10.0 Å². The van der Waals surface area contributed by atoms with E-state index < -0.39 is 44.4 Å². The highest BCUT2D eigenvalue weighted by molar-refractivity contribution is 7.91. The molecule has 1 amide bonds. The molecule has 1 atom stereocenters. The molecule has 2 aliphatic heterocycles. The molecule has 0 spiro atoms. The smallest absolute Gasteiger partial charge is 0.338 e. The van der Waals surface area contributed by atoms with Gasteiger partial charge in [-0.25, -0.2) is 21.6 Å². The zero-order chi connectivity index (χ0) is 23.5. The quantitative estimate of drug-likeness (QED) is 0.508. The van der Waals surface area contributed by atoms with E-state index in [2.05, 4.69) is 0 Å². The SMILES string of the molecule is CC(C)CN(C(=O)COC(=O)c1ccc(S(=O)(=O)N2CCCC2)cc1)C1CCS(=O)(=O)C1. The molecule has 0 aromatic heterocycles. The van der Waals surface area contributed by atoms with Crippen LogP contribution in [0.15, 0.2) is 29.2 Å². The van der Waals surface area contributed by atoms with Gasteiger partial charge in [0.15, 0.2) is 16.4 Å². The molecule has 0 aliphatic carbocycles. The van der Waals surface area contributed by atoms with Crippen molar-refractivity contribution in [2.45, 2.75) is 44.0 Å². The minimum Gasteiger partial charge on any atom is -0.452 e. The number of carbonyl (C=O) groups excluding carboxylic acids is 2. The third kappa shape index (κ3) is 5.87. The molecule has 2 aliphatic rings. The zero-order valence-corrected chi connectivity index (χ0v) is 20.0. The Morgan fingerprint density at radius 1 is 1.16 bits per heavy atom. The summed E-state index contributed by atoms with van der Waals surface area (Å²) in [6.45, 7) is 4.70. The fourth-order valence-corrected chi connectivity index (χ4v) is 7.25. The molecule has 32 heavy (non-hydrogen) atoms. The molecule has 11 heteroatoms. The van der Waals surface area contributed by atoms with Gasteiger partial charge in [-0.15, -0.1) is 0 Å². The largest absolute Gasteiger partial charge is 0.452 e. The van der Waals surface area contributed by atoms with Crippen LogP contribution in [0.25, 0.3) is 0 Å². The molecule has 0 radical (unpaired) electrons. The first-order valence-corrected chi connectivity index (χ1v) is 14.0. The van der Waals surface area contributed by atoms with Gasteiger partial charge in [-0.3, -0.25) is 4.79 Å². The van der Waals surface area contributed by atoms with Crippen LogP contribution in [0.3, 0.4) is 0 Å². The second-order valence-corrected chi connectivity index (χ2v) is 12.9. The van der Waals surface area contributed by atoms with Gasteiger partial charge in [0.05, 0.1) is 22.0 Å². The van der Waals surface area contributed by atoms with E-state index in [9.17, 15) is 26.4 Å². The Kier molecular flexibility index (Phi) is 7.61. The maximum absolute atomic E-state index is 12.7. The number of amides is 1. The summed E-state index contributed by atoms with van der Waals surface area (Å²) in [6, 6.07) is 5.04. The highest BCUT2D eigenvalue weighted by Crippen LogP contribution is 2.22. The number of benzene rings is 1. The summed E-state index contributed by atoms with van der Waals surface area (Å²) < 4.78 is 55.4. The third-order valence-corrected chi connectivity index (χ3v) is 9.31. The van der Waals surface area contributed by atoms with Crippen LogP contribution in [0.5, 0.6) is 0 Å². The van der Waals surface area contributed by atoms with Gasteiger partial charge in [-0.2, -0.15) is 4.31 Å². The van der Waals surface area contributed by atoms with Gasteiger partial charge in [0, 0.05) is 25.7 Å². The Morgan fingerprint density at radius 2 is 1.78 bits per heavy atom. The van der Waals surface area contributed by atoms with E-state index in [4.69, 9.17) is 4.74 Å². The highest BCUT2D eigenvalue weighted by atomic mass is 32.2. The van der Waals surface area contributed by atoms with Crippen molar-refractivity contribution in [2.24, 2.45) is 5.92 Å². The summed E-state index contributed by atoms with van der Waals surface area (Å²) in [4.78, 5) is 26.7. The number of carbonyl (C=O) groups is 2. The number of hydrogen-bond acceptors (Lipinski definition) is 7. The summed E-state index contributed by atoms with van der Waals surface area (Å²) in [6.07, 6.45) is 2.04. The second-order valence-electron chi connectivity index (χ2n) is 8.71. The van der Waals surface area contributed by atoms with Gasteiger partial charge in [-0.05, 0) is 49.4 Å². The minimum absolute atomic E-state index is 0.0476. The lowest BCUT2D eigenvalue weighted by molar-refractivity contribution is -0.137. The number of hydrogen-bond donors (Lipinski definition) is 0. The van der Waals surface area contributed by atoms with Crippen molar-refractivity contribution in [1.29, 1.82) is 0 Å². The number of sulfonamides is 1. The number of sulfone groups is 1. The second kappa shape index (κ2) is 9.88. The molecule has 1 aromatic rings. The number of esters is 1. The minimum atomic E-state index is -3.58. The van der Waals surface area contributed by atoms with Crippen LogP contribution >= 0.6 is 0 Å². The third-order valence-electron chi connectivity index (χ3n) is 5.65. The molecule has 3 rings (SSSR count). The number of ether oxygens (including phenoxy) is 1. The molecule has 2 heterocycles. The van der Waals surface area contributed by atoms with Gasteiger partial charge >= 0.3 is 5.97 Å². The normalized spacial score (nSPS) is 21.0. The summed E-state index contributed by atoms with van der Waals surface area (Å²) >= 11 is 0. The van der Waals surface area contributed by atoms with Crippen molar-refractivity contribution in [3.63, 3.8) is 0 Å². The predicted molar refractivity (Wildman–Crippen MR) is 118 cm³/mol. The summed E-state index contributed by atoms with van der Waals surface area (Å²) in [5.74, 6) is -1.09. The summed E-state index contributed by atoms with van der Waals surface area (Å²) in [7, 11) is -6.74. The van der Waals surface area contributed by atoms with E-state index in [-0.39, 0.29) is 27.9 Å². The average Bonchev–Trinajstić information content (AvgIpc) is 3.40. The molecular weight excluding hydrogens is 456 g/mol. The van der Waals surface area contributed by atoms with Crippen molar-refractivity contribution >= 4 is 31.7 Å².